The van der Waals surface area contributed by atoms with E-state index in [-0.39, 0.29) is 11.0 Å². The van der Waals surface area contributed by atoms with E-state index in [4.69, 9.17) is 0 Å². The van der Waals surface area contributed by atoms with Gasteiger partial charge in [-0.3, -0.25) is 0 Å². The number of hydrogen-bond acceptors (Lipinski definition) is 4. The maximum absolute atomic E-state index is 12.4. The van der Waals surface area contributed by atoms with Gasteiger partial charge in [-0.2, -0.15) is 0 Å². The molecule has 1 aromatic heterocycles. The minimum atomic E-state index is -2.97. The van der Waals surface area contributed by atoms with Crippen LogP contribution in [-0.2, 0) is 29.2 Å². The van der Waals surface area contributed by atoms with Crippen LogP contribution in [0.4, 0.5) is 0 Å². The third-order valence-electron chi connectivity index (χ3n) is 4.64. The molecule has 0 amide bonds. The van der Waals surface area contributed by atoms with E-state index in [0.717, 1.165) is 56.3 Å². The Kier molecular flexibility index (Phi) is 4.10. The summed E-state index contributed by atoms with van der Waals surface area (Å²) in [7, 11) is -2.97. The molecule has 0 atom stereocenters. The van der Waals surface area contributed by atoms with Gasteiger partial charge in [-0.15, -0.1) is 5.10 Å². The lowest BCUT2D eigenvalue weighted by Gasteiger charge is -2.21. The first-order valence-corrected chi connectivity index (χ1v) is 9.51. The van der Waals surface area contributed by atoms with Crippen LogP contribution < -0.4 is 0 Å². The van der Waals surface area contributed by atoms with Gasteiger partial charge in [0.2, 0.25) is 0 Å². The van der Waals surface area contributed by atoms with Crippen LogP contribution in [0.3, 0.4) is 0 Å². The highest BCUT2D eigenvalue weighted by atomic mass is 32.2. The van der Waals surface area contributed by atoms with E-state index >= 15 is 0 Å². The predicted octanol–water partition coefficient (Wildman–Crippen LogP) is 1.90. The van der Waals surface area contributed by atoms with E-state index in [9.17, 15) is 8.42 Å². The van der Waals surface area contributed by atoms with Crippen LogP contribution in [0.5, 0.6) is 0 Å². The number of aromatic nitrogens is 3. The average Bonchev–Trinajstić information content (AvgIpc) is 2.89. The summed E-state index contributed by atoms with van der Waals surface area (Å²) in [5.74, 6) is 0.216. The molecule has 6 heteroatoms. The second-order valence-electron chi connectivity index (χ2n) is 6.04. The van der Waals surface area contributed by atoms with Crippen molar-refractivity contribution in [2.24, 2.45) is 0 Å². The molecule has 3 rings (SSSR count). The minimum absolute atomic E-state index is 0.115. The highest BCUT2D eigenvalue weighted by molar-refractivity contribution is 7.92. The zero-order valence-corrected chi connectivity index (χ0v) is 12.7. The van der Waals surface area contributed by atoms with Gasteiger partial charge in [-0.1, -0.05) is 24.5 Å². The number of sulfone groups is 1. The standard InChI is InChI=1S/C14H23N3O2S/c18-20(19,12-6-2-1-3-7-12)11-10-17-14-9-5-4-8-13(14)15-16-17/h12H,1-11H2. The Hall–Kier alpha value is -0.910. The maximum atomic E-state index is 12.4. The topological polar surface area (TPSA) is 64.8 Å². The maximum Gasteiger partial charge on any atom is 0.154 e. The van der Waals surface area contributed by atoms with Crippen LogP contribution in [0.1, 0.15) is 56.3 Å². The molecule has 2 aliphatic rings. The predicted molar refractivity (Wildman–Crippen MR) is 77.3 cm³/mol. The van der Waals surface area contributed by atoms with Crippen molar-refractivity contribution in [2.75, 3.05) is 5.75 Å². The SMILES string of the molecule is O=S(=O)(CCn1nnc2c1CCCC2)C1CCCCC1. The number of aryl methyl sites for hydroxylation is 2. The van der Waals surface area contributed by atoms with Crippen LogP contribution in [0.2, 0.25) is 0 Å². The van der Waals surface area contributed by atoms with Gasteiger partial charge in [0.05, 0.1) is 28.9 Å². The van der Waals surface area contributed by atoms with Gasteiger partial charge >= 0.3 is 0 Å². The largest absolute Gasteiger partial charge is 0.248 e. The van der Waals surface area contributed by atoms with Crippen molar-refractivity contribution in [1.82, 2.24) is 15.0 Å². The van der Waals surface area contributed by atoms with Crippen molar-refractivity contribution in [3.63, 3.8) is 0 Å². The first-order valence-electron chi connectivity index (χ1n) is 7.79. The number of hydrogen-bond donors (Lipinski definition) is 0. The average molecular weight is 297 g/mol. The van der Waals surface area contributed by atoms with Crippen LogP contribution in [0, 0.1) is 0 Å². The Morgan fingerprint density at radius 3 is 2.60 bits per heavy atom. The van der Waals surface area contributed by atoms with Crippen molar-refractivity contribution < 1.29 is 8.42 Å². The number of rotatable bonds is 4. The smallest absolute Gasteiger partial charge is 0.154 e. The fourth-order valence-electron chi connectivity index (χ4n) is 3.41. The molecule has 20 heavy (non-hydrogen) atoms. The van der Waals surface area contributed by atoms with Crippen LogP contribution >= 0.6 is 0 Å². The molecule has 112 valence electrons. The van der Waals surface area contributed by atoms with E-state index in [2.05, 4.69) is 10.3 Å². The zero-order valence-electron chi connectivity index (χ0n) is 11.9. The molecule has 0 unspecified atom stereocenters. The van der Waals surface area contributed by atoms with Gasteiger partial charge in [-0.25, -0.2) is 13.1 Å². The van der Waals surface area contributed by atoms with Gasteiger partial charge in [0, 0.05) is 0 Å². The minimum Gasteiger partial charge on any atom is -0.248 e. The molecule has 0 spiro atoms. The Morgan fingerprint density at radius 1 is 1.05 bits per heavy atom. The molecule has 0 aliphatic heterocycles. The Balaban J connectivity index is 1.65. The molecule has 0 radical (unpaired) electrons. The highest BCUT2D eigenvalue weighted by Crippen LogP contribution is 2.25. The molecule has 1 fully saturated rings. The summed E-state index contributed by atoms with van der Waals surface area (Å²) >= 11 is 0. The second kappa shape index (κ2) is 5.84. The first kappa shape index (κ1) is 14.0. The van der Waals surface area contributed by atoms with E-state index in [1.165, 1.54) is 12.8 Å². The molecule has 0 aromatic carbocycles. The molecule has 0 saturated heterocycles. The molecular weight excluding hydrogens is 274 g/mol. The van der Waals surface area contributed by atoms with Gasteiger partial charge < -0.3 is 0 Å². The molecule has 0 bridgehead atoms. The van der Waals surface area contributed by atoms with Gasteiger partial charge in [-0.05, 0) is 38.5 Å². The zero-order chi connectivity index (χ0) is 14.0. The monoisotopic (exact) mass is 297 g/mol. The summed E-state index contributed by atoms with van der Waals surface area (Å²) in [6.07, 6.45) is 9.31. The first-order chi connectivity index (χ1) is 9.67. The van der Waals surface area contributed by atoms with Gasteiger partial charge in [0.15, 0.2) is 9.84 Å². The number of nitrogens with zero attached hydrogens (tertiary/aromatic N) is 3. The molecular formula is C14H23N3O2S. The lowest BCUT2D eigenvalue weighted by Crippen LogP contribution is -2.28. The Morgan fingerprint density at radius 2 is 1.80 bits per heavy atom. The number of fused-ring (bicyclic) bond motifs is 1. The summed E-state index contributed by atoms with van der Waals surface area (Å²) < 4.78 is 26.6. The van der Waals surface area contributed by atoms with Crippen LogP contribution in [0.15, 0.2) is 0 Å². The molecule has 0 N–H and O–H groups in total. The molecule has 1 aromatic rings. The van der Waals surface area contributed by atoms with Crippen molar-refractivity contribution in [3.05, 3.63) is 11.4 Å². The summed E-state index contributed by atoms with van der Waals surface area (Å²) in [6, 6.07) is 0. The van der Waals surface area contributed by atoms with Crippen molar-refractivity contribution >= 4 is 9.84 Å². The second-order valence-corrected chi connectivity index (χ2v) is 8.44. The summed E-state index contributed by atoms with van der Waals surface area (Å²) in [5, 5.41) is 8.22. The lowest BCUT2D eigenvalue weighted by atomic mass is 10.0. The van der Waals surface area contributed by atoms with Crippen molar-refractivity contribution in [1.29, 1.82) is 0 Å². The quantitative estimate of drug-likeness (QED) is 0.851. The fraction of sp³-hybridized carbons (Fsp3) is 0.857. The van der Waals surface area contributed by atoms with Crippen molar-refractivity contribution in [2.45, 2.75) is 69.6 Å². The van der Waals surface area contributed by atoms with Gasteiger partial charge in [0.25, 0.3) is 0 Å². The lowest BCUT2D eigenvalue weighted by molar-refractivity contribution is 0.479. The molecule has 1 heterocycles. The summed E-state index contributed by atoms with van der Waals surface area (Å²) in [4.78, 5) is 0. The normalized spacial score (nSPS) is 20.8. The van der Waals surface area contributed by atoms with Crippen LogP contribution in [0.25, 0.3) is 0 Å². The van der Waals surface area contributed by atoms with Gasteiger partial charge in [0.1, 0.15) is 0 Å². The third kappa shape index (κ3) is 2.90. The highest BCUT2D eigenvalue weighted by Gasteiger charge is 2.27. The Labute approximate surface area is 120 Å². The van der Waals surface area contributed by atoms with E-state index < -0.39 is 9.84 Å². The summed E-state index contributed by atoms with van der Waals surface area (Å²) in [5.41, 5.74) is 2.24. The molecule has 5 nitrogen and oxygen atoms in total. The third-order valence-corrected chi connectivity index (χ3v) is 6.88. The summed E-state index contributed by atoms with van der Waals surface area (Å²) in [6.45, 7) is 0.473. The molecule has 2 aliphatic carbocycles. The van der Waals surface area contributed by atoms with E-state index in [1.807, 2.05) is 4.68 Å². The van der Waals surface area contributed by atoms with E-state index in [0.29, 0.717) is 6.54 Å². The van der Waals surface area contributed by atoms with E-state index in [1.54, 1.807) is 0 Å². The Bertz CT molecular complexity index is 559. The molecule has 1 saturated carbocycles. The fourth-order valence-corrected chi connectivity index (χ4v) is 5.22. The van der Waals surface area contributed by atoms with Crippen molar-refractivity contribution in [3.8, 4) is 0 Å². The van der Waals surface area contributed by atoms with Crippen LogP contribution in [-0.4, -0.2) is 34.4 Å².